The molecule has 1 atom stereocenters. The predicted molar refractivity (Wildman–Crippen MR) is 105 cm³/mol. The molecule has 1 fully saturated rings. The summed E-state index contributed by atoms with van der Waals surface area (Å²) in [5.74, 6) is -0.882. The van der Waals surface area contributed by atoms with Crippen molar-refractivity contribution in [2.24, 2.45) is 0 Å². The molecule has 0 saturated carbocycles. The number of alkyl halides is 1. The van der Waals surface area contributed by atoms with Gasteiger partial charge in [-0.2, -0.15) is 0 Å². The van der Waals surface area contributed by atoms with E-state index in [1.165, 1.54) is 11.9 Å². The molecule has 2 aromatic carbocycles. The molecule has 0 spiro atoms. The van der Waals surface area contributed by atoms with Crippen molar-refractivity contribution >= 4 is 35.1 Å². The van der Waals surface area contributed by atoms with Crippen molar-refractivity contribution in [1.29, 1.82) is 0 Å². The van der Waals surface area contributed by atoms with Crippen LogP contribution in [0.5, 0.6) is 5.75 Å². The second-order valence-corrected chi connectivity index (χ2v) is 6.86. The fraction of sp³-hybridized carbons (Fsp3) is 0.250. The highest BCUT2D eigenvalue weighted by Crippen LogP contribution is 2.23. The molecule has 1 aliphatic heterocycles. The summed E-state index contributed by atoms with van der Waals surface area (Å²) >= 11 is 6.02. The second kappa shape index (κ2) is 8.91. The number of benzene rings is 2. The van der Waals surface area contributed by atoms with E-state index in [-0.39, 0.29) is 19.7 Å². The summed E-state index contributed by atoms with van der Waals surface area (Å²) in [6.45, 7) is -0.567. The number of amides is 4. The third kappa shape index (κ3) is 4.83. The van der Waals surface area contributed by atoms with Gasteiger partial charge in [0.2, 0.25) is 0 Å². The third-order valence-corrected chi connectivity index (χ3v) is 4.71. The number of ether oxygens (including phenoxy) is 1. The Morgan fingerprint density at radius 3 is 2.66 bits per heavy atom. The standard InChI is InChI=1S/C20H19ClFN3O4/c1-24-19(27)15(22)11-25(20(24)28)10-13-6-2-5-9-17(13)29-12-18(26)23-16-8-4-3-7-14(16)21/h2-9,15H,10-12H2,1H3,(H,23,26). The molecule has 2 aromatic rings. The first-order valence-electron chi connectivity index (χ1n) is 8.82. The Hall–Kier alpha value is -3.13. The number of carbonyl (C=O) groups is 3. The summed E-state index contributed by atoms with van der Waals surface area (Å²) in [6, 6.07) is 13.0. The fourth-order valence-electron chi connectivity index (χ4n) is 2.87. The number of hydrogen-bond acceptors (Lipinski definition) is 4. The van der Waals surface area contributed by atoms with Crippen LogP contribution in [0.2, 0.25) is 5.02 Å². The van der Waals surface area contributed by atoms with Gasteiger partial charge in [0.1, 0.15) is 5.75 Å². The van der Waals surface area contributed by atoms with Crippen LogP contribution in [0, 0.1) is 0 Å². The molecule has 1 heterocycles. The molecule has 9 heteroatoms. The van der Waals surface area contributed by atoms with E-state index in [2.05, 4.69) is 5.32 Å². The van der Waals surface area contributed by atoms with Crippen molar-refractivity contribution in [3.8, 4) is 5.75 Å². The van der Waals surface area contributed by atoms with Crippen molar-refractivity contribution < 1.29 is 23.5 Å². The number of para-hydroxylation sites is 2. The van der Waals surface area contributed by atoms with Crippen LogP contribution in [-0.4, -0.2) is 54.0 Å². The molecule has 3 rings (SSSR count). The average molecular weight is 420 g/mol. The molecule has 152 valence electrons. The van der Waals surface area contributed by atoms with E-state index in [0.717, 1.165) is 4.90 Å². The molecule has 0 aliphatic carbocycles. The van der Waals surface area contributed by atoms with E-state index in [1.807, 2.05) is 0 Å². The van der Waals surface area contributed by atoms with Gasteiger partial charge in [-0.15, -0.1) is 0 Å². The number of anilines is 1. The zero-order valence-corrected chi connectivity index (χ0v) is 16.4. The van der Waals surface area contributed by atoms with Crippen LogP contribution in [0.1, 0.15) is 5.56 Å². The number of carbonyl (C=O) groups excluding carboxylic acids is 3. The van der Waals surface area contributed by atoms with E-state index in [9.17, 15) is 18.8 Å². The lowest BCUT2D eigenvalue weighted by molar-refractivity contribution is -0.136. The van der Waals surface area contributed by atoms with Crippen LogP contribution in [0.25, 0.3) is 0 Å². The van der Waals surface area contributed by atoms with Gasteiger partial charge in [-0.1, -0.05) is 41.9 Å². The average Bonchev–Trinajstić information content (AvgIpc) is 2.71. The summed E-state index contributed by atoms with van der Waals surface area (Å²) in [5, 5.41) is 3.06. The zero-order chi connectivity index (χ0) is 21.0. The topological polar surface area (TPSA) is 79.0 Å². The number of nitrogens with one attached hydrogen (secondary N) is 1. The molecule has 29 heavy (non-hydrogen) atoms. The van der Waals surface area contributed by atoms with Crippen LogP contribution in [-0.2, 0) is 16.1 Å². The van der Waals surface area contributed by atoms with Gasteiger partial charge in [0.05, 0.1) is 23.8 Å². The molecule has 1 saturated heterocycles. The number of urea groups is 1. The lowest BCUT2D eigenvalue weighted by Gasteiger charge is -2.34. The highest BCUT2D eigenvalue weighted by Gasteiger charge is 2.37. The maximum Gasteiger partial charge on any atom is 0.326 e. The van der Waals surface area contributed by atoms with Crippen LogP contribution in [0.15, 0.2) is 48.5 Å². The lowest BCUT2D eigenvalue weighted by Crippen LogP contribution is -2.55. The fourth-order valence-corrected chi connectivity index (χ4v) is 3.05. The Balaban J connectivity index is 1.65. The van der Waals surface area contributed by atoms with Crippen LogP contribution < -0.4 is 10.1 Å². The minimum absolute atomic E-state index is 0.0409. The summed E-state index contributed by atoms with van der Waals surface area (Å²) in [5.41, 5.74) is 1.05. The first kappa shape index (κ1) is 20.6. The Labute approximate surface area is 172 Å². The second-order valence-electron chi connectivity index (χ2n) is 6.45. The maximum absolute atomic E-state index is 13.9. The Morgan fingerprint density at radius 1 is 1.21 bits per heavy atom. The number of hydrogen-bond donors (Lipinski definition) is 1. The first-order valence-corrected chi connectivity index (χ1v) is 9.20. The Bertz CT molecular complexity index is 939. The van der Waals surface area contributed by atoms with Crippen molar-refractivity contribution in [2.45, 2.75) is 12.7 Å². The molecule has 1 aliphatic rings. The van der Waals surface area contributed by atoms with Gasteiger partial charge in [-0.3, -0.25) is 14.5 Å². The summed E-state index contributed by atoms with van der Waals surface area (Å²) in [6.07, 6.45) is -1.77. The van der Waals surface area contributed by atoms with Gasteiger partial charge in [0.25, 0.3) is 11.8 Å². The smallest absolute Gasteiger partial charge is 0.326 e. The van der Waals surface area contributed by atoms with E-state index in [1.54, 1.807) is 48.5 Å². The van der Waals surface area contributed by atoms with E-state index in [4.69, 9.17) is 16.3 Å². The van der Waals surface area contributed by atoms with Gasteiger partial charge >= 0.3 is 6.03 Å². The molecular weight excluding hydrogens is 401 g/mol. The van der Waals surface area contributed by atoms with Gasteiger partial charge < -0.3 is 15.0 Å². The van der Waals surface area contributed by atoms with Gasteiger partial charge in [0, 0.05) is 12.6 Å². The Morgan fingerprint density at radius 2 is 1.90 bits per heavy atom. The number of nitrogens with zero attached hydrogens (tertiary/aromatic N) is 2. The lowest BCUT2D eigenvalue weighted by atomic mass is 10.1. The van der Waals surface area contributed by atoms with E-state index < -0.39 is 24.0 Å². The molecule has 1 N–H and O–H groups in total. The zero-order valence-electron chi connectivity index (χ0n) is 15.6. The van der Waals surface area contributed by atoms with Gasteiger partial charge in [0.15, 0.2) is 12.8 Å². The van der Waals surface area contributed by atoms with Crippen molar-refractivity contribution in [2.75, 3.05) is 25.5 Å². The maximum atomic E-state index is 13.9. The van der Waals surface area contributed by atoms with Gasteiger partial charge in [-0.25, -0.2) is 9.18 Å². The number of imide groups is 1. The molecule has 7 nitrogen and oxygen atoms in total. The third-order valence-electron chi connectivity index (χ3n) is 4.38. The van der Waals surface area contributed by atoms with Crippen molar-refractivity contribution in [1.82, 2.24) is 9.80 Å². The first-order chi connectivity index (χ1) is 13.9. The Kier molecular flexibility index (Phi) is 6.33. The van der Waals surface area contributed by atoms with E-state index >= 15 is 0 Å². The molecule has 0 radical (unpaired) electrons. The monoisotopic (exact) mass is 419 g/mol. The van der Waals surface area contributed by atoms with Gasteiger partial charge in [-0.05, 0) is 18.2 Å². The van der Waals surface area contributed by atoms with Crippen LogP contribution in [0.3, 0.4) is 0 Å². The van der Waals surface area contributed by atoms with E-state index in [0.29, 0.717) is 22.0 Å². The highest BCUT2D eigenvalue weighted by molar-refractivity contribution is 6.33. The van der Waals surface area contributed by atoms with Crippen molar-refractivity contribution in [3.63, 3.8) is 0 Å². The summed E-state index contributed by atoms with van der Waals surface area (Å²) < 4.78 is 19.5. The number of rotatable bonds is 6. The molecule has 0 bridgehead atoms. The normalized spacial score (nSPS) is 16.7. The highest BCUT2D eigenvalue weighted by atomic mass is 35.5. The summed E-state index contributed by atoms with van der Waals surface area (Å²) in [4.78, 5) is 38.0. The molecule has 4 amide bonds. The van der Waals surface area contributed by atoms with Crippen molar-refractivity contribution in [3.05, 3.63) is 59.1 Å². The molecular formula is C20H19ClFN3O4. The predicted octanol–water partition coefficient (Wildman–Crippen LogP) is 3.09. The minimum atomic E-state index is -1.77. The number of halogens is 2. The quantitative estimate of drug-likeness (QED) is 0.780. The summed E-state index contributed by atoms with van der Waals surface area (Å²) in [7, 11) is 1.24. The van der Waals surface area contributed by atoms with Crippen LogP contribution >= 0.6 is 11.6 Å². The SMILES string of the molecule is CN1C(=O)C(F)CN(Cc2ccccc2OCC(=O)Nc2ccccc2Cl)C1=O. The minimum Gasteiger partial charge on any atom is -0.483 e. The van der Waals surface area contributed by atoms with Crippen LogP contribution in [0.4, 0.5) is 14.9 Å². The molecule has 1 unspecified atom stereocenters. The largest absolute Gasteiger partial charge is 0.483 e. The molecule has 0 aromatic heterocycles.